The molecule has 1 aliphatic rings. The third-order valence-electron chi connectivity index (χ3n) is 3.26. The number of rotatable bonds is 7. The molecule has 0 aromatic carbocycles. The molecule has 0 bridgehead atoms. The minimum absolute atomic E-state index is 0.765. The van der Waals surface area contributed by atoms with Gasteiger partial charge in [0.25, 0.3) is 0 Å². The van der Waals surface area contributed by atoms with Crippen LogP contribution in [0.25, 0.3) is 0 Å². The van der Waals surface area contributed by atoms with Crippen molar-refractivity contribution in [1.29, 1.82) is 0 Å². The molecule has 100 valence electrons. The Bertz CT molecular complexity index is 387. The number of hydrogen-bond donors (Lipinski definition) is 1. The van der Waals surface area contributed by atoms with Crippen molar-refractivity contribution < 1.29 is 0 Å². The van der Waals surface area contributed by atoms with Gasteiger partial charge in [-0.05, 0) is 39.0 Å². The van der Waals surface area contributed by atoms with E-state index < -0.39 is 0 Å². The maximum atomic E-state index is 4.63. The fourth-order valence-electron chi connectivity index (χ4n) is 2.03. The lowest BCUT2D eigenvalue weighted by Crippen LogP contribution is -2.26. The average Bonchev–Trinajstić information content (AvgIpc) is 3.16. The molecule has 0 saturated heterocycles. The molecule has 1 aromatic rings. The van der Waals surface area contributed by atoms with Crippen LogP contribution in [0.5, 0.6) is 0 Å². The number of hydrogen-bond acceptors (Lipinski definition) is 4. The summed E-state index contributed by atoms with van der Waals surface area (Å²) >= 11 is 0. The standard InChI is InChI=1S/C14H24N4/c1-4-8-15-14-16-11(3)9-13(17-14)18(5-2)10-12-6-7-12/h9,12H,4-8,10H2,1-3H3,(H,15,16,17). The van der Waals surface area contributed by atoms with Crippen LogP contribution < -0.4 is 10.2 Å². The van der Waals surface area contributed by atoms with Gasteiger partial charge in [-0.2, -0.15) is 4.98 Å². The van der Waals surface area contributed by atoms with Crippen LogP contribution in [0, 0.1) is 12.8 Å². The first kappa shape index (κ1) is 13.1. The molecule has 0 unspecified atom stereocenters. The maximum Gasteiger partial charge on any atom is 0.224 e. The van der Waals surface area contributed by atoms with E-state index in [0.717, 1.165) is 49.4 Å². The van der Waals surface area contributed by atoms with Crippen LogP contribution in [-0.4, -0.2) is 29.6 Å². The fraction of sp³-hybridized carbons (Fsp3) is 0.714. The predicted octanol–water partition coefficient (Wildman–Crippen LogP) is 2.84. The Morgan fingerprint density at radius 2 is 2.11 bits per heavy atom. The SMILES string of the molecule is CCCNc1nc(C)cc(N(CC)CC2CC2)n1. The molecule has 4 heteroatoms. The second-order valence-corrected chi connectivity index (χ2v) is 5.10. The zero-order chi connectivity index (χ0) is 13.0. The van der Waals surface area contributed by atoms with Crippen molar-refractivity contribution in [3.8, 4) is 0 Å². The molecule has 4 nitrogen and oxygen atoms in total. The van der Waals surface area contributed by atoms with Crippen molar-refractivity contribution >= 4 is 11.8 Å². The maximum absolute atomic E-state index is 4.63. The smallest absolute Gasteiger partial charge is 0.224 e. The number of nitrogens with zero attached hydrogens (tertiary/aromatic N) is 3. The van der Waals surface area contributed by atoms with Crippen LogP contribution in [-0.2, 0) is 0 Å². The fourth-order valence-corrected chi connectivity index (χ4v) is 2.03. The van der Waals surface area contributed by atoms with Gasteiger partial charge in [-0.1, -0.05) is 6.92 Å². The third-order valence-corrected chi connectivity index (χ3v) is 3.26. The molecule has 1 aliphatic carbocycles. The van der Waals surface area contributed by atoms with E-state index in [1.807, 2.05) is 6.92 Å². The summed E-state index contributed by atoms with van der Waals surface area (Å²) in [6.45, 7) is 9.46. The highest BCUT2D eigenvalue weighted by atomic mass is 15.2. The normalized spacial score (nSPS) is 14.6. The van der Waals surface area contributed by atoms with Gasteiger partial charge in [-0.3, -0.25) is 0 Å². The van der Waals surface area contributed by atoms with E-state index in [4.69, 9.17) is 0 Å². The van der Waals surface area contributed by atoms with Crippen LogP contribution in [0.3, 0.4) is 0 Å². The predicted molar refractivity (Wildman–Crippen MR) is 76.2 cm³/mol. The van der Waals surface area contributed by atoms with Gasteiger partial charge < -0.3 is 10.2 Å². The Labute approximate surface area is 110 Å². The second-order valence-electron chi connectivity index (χ2n) is 5.10. The highest BCUT2D eigenvalue weighted by Crippen LogP contribution is 2.31. The summed E-state index contributed by atoms with van der Waals surface area (Å²) in [6, 6.07) is 2.09. The third kappa shape index (κ3) is 3.59. The first-order valence-electron chi connectivity index (χ1n) is 7.07. The summed E-state index contributed by atoms with van der Waals surface area (Å²) in [5.41, 5.74) is 1.04. The van der Waals surface area contributed by atoms with Gasteiger partial charge in [0.2, 0.25) is 5.95 Å². The van der Waals surface area contributed by atoms with Crippen molar-refractivity contribution in [3.05, 3.63) is 11.8 Å². The molecular formula is C14H24N4. The van der Waals surface area contributed by atoms with E-state index in [1.54, 1.807) is 0 Å². The summed E-state index contributed by atoms with van der Waals surface area (Å²) in [5.74, 6) is 2.71. The topological polar surface area (TPSA) is 41.1 Å². The summed E-state index contributed by atoms with van der Waals surface area (Å²) < 4.78 is 0. The second kappa shape index (κ2) is 6.03. The monoisotopic (exact) mass is 248 g/mol. The van der Waals surface area contributed by atoms with Crippen LogP contribution in [0.4, 0.5) is 11.8 Å². The molecular weight excluding hydrogens is 224 g/mol. The van der Waals surface area contributed by atoms with E-state index in [-0.39, 0.29) is 0 Å². The van der Waals surface area contributed by atoms with Gasteiger partial charge >= 0.3 is 0 Å². The molecule has 0 atom stereocenters. The van der Waals surface area contributed by atoms with Crippen molar-refractivity contribution in [2.75, 3.05) is 29.9 Å². The Morgan fingerprint density at radius 3 is 2.72 bits per heavy atom. The van der Waals surface area contributed by atoms with Crippen LogP contribution in [0.15, 0.2) is 6.07 Å². The summed E-state index contributed by atoms with van der Waals surface area (Å²) in [4.78, 5) is 11.4. The Morgan fingerprint density at radius 1 is 1.33 bits per heavy atom. The van der Waals surface area contributed by atoms with Gasteiger partial charge in [0.15, 0.2) is 0 Å². The van der Waals surface area contributed by atoms with Crippen molar-refractivity contribution in [2.24, 2.45) is 5.92 Å². The number of aryl methyl sites for hydroxylation is 1. The first-order valence-corrected chi connectivity index (χ1v) is 7.07. The molecule has 0 spiro atoms. The largest absolute Gasteiger partial charge is 0.356 e. The molecule has 1 heterocycles. The van der Waals surface area contributed by atoms with Crippen molar-refractivity contribution in [2.45, 2.75) is 40.0 Å². The zero-order valence-electron chi connectivity index (χ0n) is 11.7. The molecule has 0 aliphatic heterocycles. The Balaban J connectivity index is 2.10. The van der Waals surface area contributed by atoms with E-state index in [0.29, 0.717) is 0 Å². The zero-order valence-corrected chi connectivity index (χ0v) is 11.7. The number of anilines is 2. The van der Waals surface area contributed by atoms with Crippen LogP contribution in [0.1, 0.15) is 38.8 Å². The quantitative estimate of drug-likeness (QED) is 0.805. The summed E-state index contributed by atoms with van der Waals surface area (Å²) in [5, 5.41) is 3.27. The van der Waals surface area contributed by atoms with Gasteiger partial charge in [-0.25, -0.2) is 4.98 Å². The highest BCUT2D eigenvalue weighted by molar-refractivity contribution is 5.44. The molecule has 1 saturated carbocycles. The van der Waals surface area contributed by atoms with E-state index in [9.17, 15) is 0 Å². The Kier molecular flexibility index (Phi) is 4.39. The molecule has 1 N–H and O–H groups in total. The first-order chi connectivity index (χ1) is 8.72. The molecule has 1 fully saturated rings. The molecule has 18 heavy (non-hydrogen) atoms. The van der Waals surface area contributed by atoms with Crippen molar-refractivity contribution in [1.82, 2.24) is 9.97 Å². The van der Waals surface area contributed by atoms with E-state index in [2.05, 4.69) is 40.1 Å². The van der Waals surface area contributed by atoms with Crippen LogP contribution >= 0.6 is 0 Å². The molecule has 0 amide bonds. The minimum Gasteiger partial charge on any atom is -0.356 e. The summed E-state index contributed by atoms with van der Waals surface area (Å²) in [6.07, 6.45) is 3.84. The van der Waals surface area contributed by atoms with Gasteiger partial charge in [0.1, 0.15) is 5.82 Å². The number of nitrogens with one attached hydrogen (secondary N) is 1. The van der Waals surface area contributed by atoms with Crippen molar-refractivity contribution in [3.63, 3.8) is 0 Å². The lowest BCUT2D eigenvalue weighted by molar-refractivity contribution is 0.729. The molecule has 1 aromatic heterocycles. The average molecular weight is 248 g/mol. The minimum atomic E-state index is 0.765. The van der Waals surface area contributed by atoms with Gasteiger partial charge in [-0.15, -0.1) is 0 Å². The van der Waals surface area contributed by atoms with Gasteiger partial charge in [0, 0.05) is 31.4 Å². The highest BCUT2D eigenvalue weighted by Gasteiger charge is 2.24. The van der Waals surface area contributed by atoms with Crippen LogP contribution in [0.2, 0.25) is 0 Å². The number of aromatic nitrogens is 2. The Hall–Kier alpha value is -1.32. The molecule has 2 rings (SSSR count). The molecule has 0 radical (unpaired) electrons. The van der Waals surface area contributed by atoms with E-state index in [1.165, 1.54) is 12.8 Å². The van der Waals surface area contributed by atoms with E-state index >= 15 is 0 Å². The lowest BCUT2D eigenvalue weighted by atomic mass is 10.3. The van der Waals surface area contributed by atoms with Gasteiger partial charge in [0.05, 0.1) is 0 Å². The lowest BCUT2D eigenvalue weighted by Gasteiger charge is -2.22. The summed E-state index contributed by atoms with van der Waals surface area (Å²) in [7, 11) is 0.